The molecule has 1 aromatic rings. The Kier molecular flexibility index (Phi) is 5.45. The summed E-state index contributed by atoms with van der Waals surface area (Å²) in [6, 6.07) is 10.1. The number of rotatable bonds is 4. The van der Waals surface area contributed by atoms with Crippen LogP contribution in [0.15, 0.2) is 30.3 Å². The first-order valence-electron chi connectivity index (χ1n) is 8.49. The summed E-state index contributed by atoms with van der Waals surface area (Å²) in [4.78, 5) is 26.5. The third kappa shape index (κ3) is 3.74. The summed E-state index contributed by atoms with van der Waals surface area (Å²) in [5, 5.41) is 3.19. The molecule has 4 nitrogen and oxygen atoms in total. The fourth-order valence-electron chi connectivity index (χ4n) is 3.12. The molecule has 1 atom stereocenters. The topological polar surface area (TPSA) is 49.4 Å². The molecule has 1 aliphatic rings. The first kappa shape index (κ1) is 17.5. The van der Waals surface area contributed by atoms with E-state index in [1.54, 1.807) is 6.92 Å². The van der Waals surface area contributed by atoms with E-state index in [1.807, 2.05) is 42.2 Å². The maximum Gasteiger partial charge on any atom is 0.231 e. The normalized spacial score (nSPS) is 18.6. The third-order valence-corrected chi connectivity index (χ3v) is 5.18. The number of carbonyl (C=O) groups excluding carboxylic acids is 2. The maximum atomic E-state index is 13.1. The molecule has 0 aromatic heterocycles. The minimum atomic E-state index is -0.531. The Balaban J connectivity index is 2.27. The molecule has 1 saturated heterocycles. The summed E-state index contributed by atoms with van der Waals surface area (Å²) in [5.41, 5.74) is 0.521. The lowest BCUT2D eigenvalue weighted by Crippen LogP contribution is -2.54. The van der Waals surface area contributed by atoms with Gasteiger partial charge in [0.1, 0.15) is 0 Å². The van der Waals surface area contributed by atoms with Crippen molar-refractivity contribution in [2.24, 2.45) is 5.92 Å². The molecule has 1 N–H and O–H groups in total. The first-order chi connectivity index (χ1) is 10.9. The largest absolute Gasteiger partial charge is 0.353 e. The van der Waals surface area contributed by atoms with E-state index >= 15 is 0 Å². The van der Waals surface area contributed by atoms with Crippen LogP contribution in [0.1, 0.15) is 46.1 Å². The minimum absolute atomic E-state index is 0.0858. The van der Waals surface area contributed by atoms with Crippen LogP contribution in [0.5, 0.6) is 0 Å². The van der Waals surface area contributed by atoms with E-state index in [0.717, 1.165) is 5.56 Å². The van der Waals surface area contributed by atoms with Gasteiger partial charge in [0.05, 0.1) is 5.41 Å². The van der Waals surface area contributed by atoms with Gasteiger partial charge in [-0.05, 0) is 31.2 Å². The predicted molar refractivity (Wildman–Crippen MR) is 92.1 cm³/mol. The van der Waals surface area contributed by atoms with Gasteiger partial charge in [0.15, 0.2) is 0 Å². The van der Waals surface area contributed by atoms with Gasteiger partial charge in [-0.3, -0.25) is 9.59 Å². The third-order valence-electron chi connectivity index (χ3n) is 5.18. The highest BCUT2D eigenvalue weighted by Gasteiger charge is 2.43. The summed E-state index contributed by atoms with van der Waals surface area (Å²) >= 11 is 0. The van der Waals surface area contributed by atoms with Crippen LogP contribution < -0.4 is 5.32 Å². The average molecular weight is 316 g/mol. The Hall–Kier alpha value is -1.84. The highest BCUT2D eigenvalue weighted by molar-refractivity contribution is 5.89. The van der Waals surface area contributed by atoms with Gasteiger partial charge in [-0.25, -0.2) is 0 Å². The zero-order valence-electron chi connectivity index (χ0n) is 14.6. The monoisotopic (exact) mass is 316 g/mol. The van der Waals surface area contributed by atoms with Crippen molar-refractivity contribution in [3.8, 4) is 0 Å². The van der Waals surface area contributed by atoms with Crippen molar-refractivity contribution in [1.82, 2.24) is 10.2 Å². The number of nitrogens with one attached hydrogen (secondary N) is 1. The van der Waals surface area contributed by atoms with Crippen LogP contribution in [0.25, 0.3) is 0 Å². The lowest BCUT2D eigenvalue weighted by Gasteiger charge is -2.41. The second kappa shape index (κ2) is 7.16. The SMILES string of the molecule is CC(=O)N1CCC(C(=O)NC(C)C(C)C)(c2ccccc2)CC1. The summed E-state index contributed by atoms with van der Waals surface area (Å²) in [7, 11) is 0. The van der Waals surface area contributed by atoms with E-state index < -0.39 is 5.41 Å². The maximum absolute atomic E-state index is 13.1. The Morgan fingerprint density at radius 3 is 2.13 bits per heavy atom. The molecule has 2 amide bonds. The lowest BCUT2D eigenvalue weighted by atomic mass is 9.71. The van der Waals surface area contributed by atoms with E-state index in [4.69, 9.17) is 0 Å². The quantitative estimate of drug-likeness (QED) is 0.928. The second-order valence-corrected chi connectivity index (χ2v) is 6.96. The summed E-state index contributed by atoms with van der Waals surface area (Å²) in [5.74, 6) is 0.569. The average Bonchev–Trinajstić information content (AvgIpc) is 2.55. The van der Waals surface area contributed by atoms with Gasteiger partial charge in [-0.2, -0.15) is 0 Å². The number of hydrogen-bond acceptors (Lipinski definition) is 2. The van der Waals surface area contributed by atoms with E-state index in [2.05, 4.69) is 19.2 Å². The smallest absolute Gasteiger partial charge is 0.231 e. The lowest BCUT2D eigenvalue weighted by molar-refractivity contribution is -0.135. The molecule has 1 heterocycles. The molecular weight excluding hydrogens is 288 g/mol. The minimum Gasteiger partial charge on any atom is -0.353 e. The number of benzene rings is 1. The summed E-state index contributed by atoms with van der Waals surface area (Å²) in [6.07, 6.45) is 1.35. The Labute approximate surface area is 139 Å². The van der Waals surface area contributed by atoms with Crippen LogP contribution in [0.4, 0.5) is 0 Å². The standard InChI is InChI=1S/C19H28N2O2/c1-14(2)15(3)20-18(23)19(17-8-6-5-7-9-17)10-12-21(13-11-19)16(4)22/h5-9,14-15H,10-13H2,1-4H3,(H,20,23). The Morgan fingerprint density at radius 1 is 1.09 bits per heavy atom. The molecule has 0 spiro atoms. The highest BCUT2D eigenvalue weighted by atomic mass is 16.2. The van der Waals surface area contributed by atoms with Crippen LogP contribution in [0, 0.1) is 5.92 Å². The van der Waals surface area contributed by atoms with Crippen LogP contribution in [-0.4, -0.2) is 35.8 Å². The van der Waals surface area contributed by atoms with E-state index in [1.165, 1.54) is 0 Å². The fraction of sp³-hybridized carbons (Fsp3) is 0.579. The van der Waals surface area contributed by atoms with E-state index in [9.17, 15) is 9.59 Å². The van der Waals surface area contributed by atoms with Crippen molar-refractivity contribution in [3.05, 3.63) is 35.9 Å². The second-order valence-electron chi connectivity index (χ2n) is 6.96. The van der Waals surface area contributed by atoms with Gasteiger partial charge >= 0.3 is 0 Å². The highest BCUT2D eigenvalue weighted by Crippen LogP contribution is 2.36. The summed E-state index contributed by atoms with van der Waals surface area (Å²) < 4.78 is 0. The molecule has 1 fully saturated rings. The molecule has 1 aromatic carbocycles. The molecule has 126 valence electrons. The van der Waals surface area contributed by atoms with Crippen LogP contribution in [0.3, 0.4) is 0 Å². The van der Waals surface area contributed by atoms with Crippen molar-refractivity contribution in [3.63, 3.8) is 0 Å². The molecule has 0 bridgehead atoms. The number of hydrogen-bond donors (Lipinski definition) is 1. The van der Waals surface area contributed by atoms with Gasteiger partial charge < -0.3 is 10.2 Å². The van der Waals surface area contributed by atoms with Crippen LogP contribution >= 0.6 is 0 Å². The molecule has 23 heavy (non-hydrogen) atoms. The van der Waals surface area contributed by atoms with Gasteiger partial charge in [0.2, 0.25) is 11.8 Å². The Bertz CT molecular complexity index is 546. The number of likely N-dealkylation sites (tertiary alicyclic amines) is 1. The number of amides is 2. The predicted octanol–water partition coefficient (Wildman–Crippen LogP) is 2.73. The van der Waals surface area contributed by atoms with Gasteiger partial charge in [0, 0.05) is 26.1 Å². The van der Waals surface area contributed by atoms with Gasteiger partial charge in [-0.15, -0.1) is 0 Å². The number of carbonyl (C=O) groups is 2. The molecule has 0 aliphatic carbocycles. The fourth-order valence-corrected chi connectivity index (χ4v) is 3.12. The number of nitrogens with zero attached hydrogens (tertiary/aromatic N) is 1. The zero-order chi connectivity index (χ0) is 17.0. The van der Waals surface area contributed by atoms with Crippen LogP contribution in [0.2, 0.25) is 0 Å². The Morgan fingerprint density at radius 2 is 1.65 bits per heavy atom. The molecule has 0 radical (unpaired) electrons. The van der Waals surface area contributed by atoms with Gasteiger partial charge in [0.25, 0.3) is 0 Å². The molecule has 0 saturated carbocycles. The first-order valence-corrected chi connectivity index (χ1v) is 8.49. The van der Waals surface area contributed by atoms with Crippen molar-refractivity contribution in [2.75, 3.05) is 13.1 Å². The van der Waals surface area contributed by atoms with Crippen molar-refractivity contribution in [1.29, 1.82) is 0 Å². The van der Waals surface area contributed by atoms with Gasteiger partial charge in [-0.1, -0.05) is 44.2 Å². The summed E-state index contributed by atoms with van der Waals surface area (Å²) in [6.45, 7) is 9.13. The van der Waals surface area contributed by atoms with E-state index in [-0.39, 0.29) is 17.9 Å². The number of piperidine rings is 1. The molecule has 4 heteroatoms. The van der Waals surface area contributed by atoms with Crippen molar-refractivity contribution in [2.45, 2.75) is 52.0 Å². The molecular formula is C19H28N2O2. The zero-order valence-corrected chi connectivity index (χ0v) is 14.6. The van der Waals surface area contributed by atoms with E-state index in [0.29, 0.717) is 31.8 Å². The van der Waals surface area contributed by atoms with Crippen molar-refractivity contribution >= 4 is 11.8 Å². The molecule has 1 unspecified atom stereocenters. The molecule has 2 rings (SSSR count). The molecule has 1 aliphatic heterocycles. The van der Waals surface area contributed by atoms with Crippen LogP contribution in [-0.2, 0) is 15.0 Å². The van der Waals surface area contributed by atoms with Crippen molar-refractivity contribution < 1.29 is 9.59 Å².